The SMILES string of the molecule is c1ccc(-c2ccc(-c3cccc(-n4c5ccccc5c5ccc6oc7cccc(C8N=C(c9cccc(-c%10ccccc%10)c9)N=C(c9cccc(-c%10ccccc%10)c9)N8)c7c6c54)c3)cc2)cc1. The van der Waals surface area contributed by atoms with E-state index in [1.807, 2.05) is 12.1 Å². The Kier molecular flexibility index (Phi) is 9.50. The van der Waals surface area contributed by atoms with Gasteiger partial charge in [0, 0.05) is 38.5 Å². The van der Waals surface area contributed by atoms with Crippen LogP contribution in [0.25, 0.3) is 93.9 Å². The van der Waals surface area contributed by atoms with E-state index < -0.39 is 6.17 Å². The topological polar surface area (TPSA) is 54.8 Å². The highest BCUT2D eigenvalue weighted by Gasteiger charge is 2.27. The molecular formula is C63H42N4O. The average Bonchev–Trinajstić information content (AvgIpc) is 3.98. The summed E-state index contributed by atoms with van der Waals surface area (Å²) in [5, 5.41) is 8.22. The monoisotopic (exact) mass is 870 g/mol. The van der Waals surface area contributed by atoms with E-state index in [0.29, 0.717) is 5.84 Å². The Bertz CT molecular complexity index is 3920. The van der Waals surface area contributed by atoms with Crippen molar-refractivity contribution in [2.45, 2.75) is 6.17 Å². The largest absolute Gasteiger partial charge is 0.456 e. The minimum absolute atomic E-state index is 0.502. The number of aromatic nitrogens is 1. The van der Waals surface area contributed by atoms with Gasteiger partial charge in [-0.05, 0) is 93.0 Å². The first-order chi connectivity index (χ1) is 33.7. The molecule has 12 aromatic rings. The summed E-state index contributed by atoms with van der Waals surface area (Å²) >= 11 is 0. The van der Waals surface area contributed by atoms with Gasteiger partial charge in [-0.3, -0.25) is 0 Å². The predicted octanol–water partition coefficient (Wildman–Crippen LogP) is 15.8. The highest BCUT2D eigenvalue weighted by atomic mass is 16.3. The Morgan fingerprint density at radius 2 is 0.897 bits per heavy atom. The third-order valence-corrected chi connectivity index (χ3v) is 13.3. The molecule has 320 valence electrons. The highest BCUT2D eigenvalue weighted by molar-refractivity contribution is 6.25. The second-order valence-corrected chi connectivity index (χ2v) is 17.4. The Balaban J connectivity index is 0.997. The molecule has 68 heavy (non-hydrogen) atoms. The van der Waals surface area contributed by atoms with E-state index in [2.05, 4.69) is 240 Å². The molecule has 0 radical (unpaired) electrons. The molecule has 0 spiro atoms. The number of aliphatic imine (C=N–C) groups is 2. The second-order valence-electron chi connectivity index (χ2n) is 17.4. The van der Waals surface area contributed by atoms with Crippen LogP contribution in [-0.4, -0.2) is 16.2 Å². The zero-order valence-corrected chi connectivity index (χ0v) is 36.9. The number of fused-ring (bicyclic) bond motifs is 7. The van der Waals surface area contributed by atoms with Crippen LogP contribution >= 0.6 is 0 Å². The zero-order valence-electron chi connectivity index (χ0n) is 36.9. The smallest absolute Gasteiger partial charge is 0.159 e. The number of rotatable bonds is 8. The lowest BCUT2D eigenvalue weighted by molar-refractivity contribution is 0.662. The van der Waals surface area contributed by atoms with Crippen LogP contribution in [0.1, 0.15) is 22.9 Å². The lowest BCUT2D eigenvalue weighted by atomic mass is 9.99. The van der Waals surface area contributed by atoms with Crippen molar-refractivity contribution < 1.29 is 4.42 Å². The van der Waals surface area contributed by atoms with Gasteiger partial charge in [-0.15, -0.1) is 0 Å². The maximum atomic E-state index is 6.85. The van der Waals surface area contributed by atoms with Crippen molar-refractivity contribution in [2.75, 3.05) is 0 Å². The molecule has 0 aliphatic carbocycles. The van der Waals surface area contributed by atoms with Crippen LogP contribution in [0, 0.1) is 0 Å². The molecule has 0 saturated carbocycles. The molecule has 5 heteroatoms. The number of para-hydroxylation sites is 1. The number of furan rings is 1. The summed E-state index contributed by atoms with van der Waals surface area (Å²) in [6.07, 6.45) is -0.502. The fourth-order valence-corrected chi connectivity index (χ4v) is 10.0. The van der Waals surface area contributed by atoms with Gasteiger partial charge in [0.15, 0.2) is 5.84 Å². The third-order valence-electron chi connectivity index (χ3n) is 13.3. The van der Waals surface area contributed by atoms with Gasteiger partial charge in [-0.25, -0.2) is 9.98 Å². The van der Waals surface area contributed by atoms with Gasteiger partial charge in [0.1, 0.15) is 23.2 Å². The van der Waals surface area contributed by atoms with Crippen molar-refractivity contribution in [3.8, 4) is 50.2 Å². The molecular weight excluding hydrogens is 829 g/mol. The van der Waals surface area contributed by atoms with Gasteiger partial charge in [0.2, 0.25) is 0 Å². The molecule has 0 bridgehead atoms. The van der Waals surface area contributed by atoms with Crippen LogP contribution < -0.4 is 5.32 Å². The van der Waals surface area contributed by atoms with Crippen LogP contribution in [-0.2, 0) is 0 Å². The summed E-state index contributed by atoms with van der Waals surface area (Å²) in [7, 11) is 0. The van der Waals surface area contributed by atoms with E-state index in [0.717, 1.165) is 100.0 Å². The van der Waals surface area contributed by atoms with Crippen LogP contribution in [0.3, 0.4) is 0 Å². The Morgan fingerprint density at radius 3 is 1.60 bits per heavy atom. The van der Waals surface area contributed by atoms with Crippen molar-refractivity contribution in [1.29, 1.82) is 0 Å². The van der Waals surface area contributed by atoms with Gasteiger partial charge in [-0.1, -0.05) is 194 Å². The van der Waals surface area contributed by atoms with Crippen LogP contribution in [0.5, 0.6) is 0 Å². The average molecular weight is 871 g/mol. The van der Waals surface area contributed by atoms with Crippen molar-refractivity contribution in [3.05, 3.63) is 259 Å². The predicted molar refractivity (Wildman–Crippen MR) is 282 cm³/mol. The van der Waals surface area contributed by atoms with Gasteiger partial charge >= 0.3 is 0 Å². The number of hydrogen-bond acceptors (Lipinski definition) is 4. The molecule has 1 atom stereocenters. The number of nitrogens with zero attached hydrogens (tertiary/aromatic N) is 3. The van der Waals surface area contributed by atoms with Gasteiger partial charge < -0.3 is 14.3 Å². The standard InChI is InChI=1S/C63H42N4O/c1-4-16-41(17-5-1)44-32-34-45(35-33-44)48-24-14-27-51(40-48)67-55-30-11-10-28-52(55)53-36-37-57-59(60(53)67)58-54(29-15-31-56(58)68-57)63-65-61(49-25-12-22-46(38-49)42-18-6-2-7-19-42)64-62(66-63)50-26-13-23-47(39-50)43-20-8-3-9-21-43/h1-40,63H,(H,64,65,66). The Hall–Kier alpha value is -9.06. The first-order valence-electron chi connectivity index (χ1n) is 23.1. The summed E-state index contributed by atoms with van der Waals surface area (Å²) in [5.41, 5.74) is 17.0. The first-order valence-corrected chi connectivity index (χ1v) is 23.1. The summed E-state index contributed by atoms with van der Waals surface area (Å²) in [4.78, 5) is 10.8. The molecule has 10 aromatic carbocycles. The molecule has 1 N–H and O–H groups in total. The van der Waals surface area contributed by atoms with E-state index in [1.165, 1.54) is 16.5 Å². The van der Waals surface area contributed by atoms with Crippen LogP contribution in [0.4, 0.5) is 0 Å². The molecule has 0 saturated heterocycles. The molecule has 5 nitrogen and oxygen atoms in total. The van der Waals surface area contributed by atoms with Crippen LogP contribution in [0.15, 0.2) is 257 Å². The normalized spacial score (nSPS) is 13.7. The number of benzene rings is 10. The maximum absolute atomic E-state index is 6.85. The van der Waals surface area contributed by atoms with Crippen molar-refractivity contribution in [1.82, 2.24) is 9.88 Å². The Morgan fingerprint density at radius 1 is 0.382 bits per heavy atom. The molecule has 0 fully saturated rings. The molecule has 1 unspecified atom stereocenters. The van der Waals surface area contributed by atoms with E-state index in [-0.39, 0.29) is 0 Å². The molecule has 2 aromatic heterocycles. The summed E-state index contributed by atoms with van der Waals surface area (Å²) < 4.78 is 9.27. The fraction of sp³-hybridized carbons (Fsp3) is 0.0159. The third kappa shape index (κ3) is 6.88. The molecule has 3 heterocycles. The summed E-state index contributed by atoms with van der Waals surface area (Å²) in [6.45, 7) is 0. The Labute approximate surface area is 393 Å². The maximum Gasteiger partial charge on any atom is 0.159 e. The van der Waals surface area contributed by atoms with Crippen molar-refractivity contribution >= 4 is 55.4 Å². The fourth-order valence-electron chi connectivity index (χ4n) is 10.0. The van der Waals surface area contributed by atoms with E-state index in [9.17, 15) is 0 Å². The lowest BCUT2D eigenvalue weighted by Crippen LogP contribution is -2.33. The minimum atomic E-state index is -0.502. The van der Waals surface area contributed by atoms with Gasteiger partial charge in [-0.2, -0.15) is 0 Å². The minimum Gasteiger partial charge on any atom is -0.456 e. The second kappa shape index (κ2) is 16.4. The number of amidine groups is 2. The molecule has 1 aliphatic rings. The number of hydrogen-bond donors (Lipinski definition) is 1. The molecule has 13 rings (SSSR count). The molecule has 1 aliphatic heterocycles. The van der Waals surface area contributed by atoms with Crippen molar-refractivity contribution in [3.63, 3.8) is 0 Å². The van der Waals surface area contributed by atoms with Gasteiger partial charge in [0.05, 0.1) is 16.4 Å². The van der Waals surface area contributed by atoms with Gasteiger partial charge in [0.25, 0.3) is 0 Å². The van der Waals surface area contributed by atoms with E-state index >= 15 is 0 Å². The number of nitrogens with one attached hydrogen (secondary N) is 1. The lowest BCUT2D eigenvalue weighted by Gasteiger charge is -2.24. The zero-order chi connectivity index (χ0) is 45.0. The highest BCUT2D eigenvalue weighted by Crippen LogP contribution is 2.44. The van der Waals surface area contributed by atoms with E-state index in [4.69, 9.17) is 14.4 Å². The van der Waals surface area contributed by atoms with E-state index in [1.54, 1.807) is 0 Å². The van der Waals surface area contributed by atoms with Crippen LogP contribution in [0.2, 0.25) is 0 Å². The van der Waals surface area contributed by atoms with Crippen molar-refractivity contribution in [2.24, 2.45) is 9.98 Å². The quantitative estimate of drug-likeness (QED) is 0.165. The first kappa shape index (κ1) is 39.3. The summed E-state index contributed by atoms with van der Waals surface area (Å²) in [5.74, 6) is 1.41. The summed E-state index contributed by atoms with van der Waals surface area (Å²) in [6, 6.07) is 85.8. The molecule has 0 amide bonds.